The van der Waals surface area contributed by atoms with Crippen LogP contribution in [0, 0.1) is 0 Å². The third-order valence-corrected chi connectivity index (χ3v) is 5.17. The number of rotatable bonds is 4. The van der Waals surface area contributed by atoms with Crippen molar-refractivity contribution in [1.82, 2.24) is 9.88 Å². The van der Waals surface area contributed by atoms with Crippen molar-refractivity contribution in [2.75, 3.05) is 37.7 Å². The topological polar surface area (TPSA) is 62.7 Å². The first-order valence-corrected chi connectivity index (χ1v) is 9.82. The molecule has 0 aliphatic carbocycles. The predicted octanol–water partition coefficient (Wildman–Crippen LogP) is 3.37. The smallest absolute Gasteiger partial charge is 0.339 e. The van der Waals surface area contributed by atoms with Crippen LogP contribution in [0.3, 0.4) is 0 Å². The molecule has 0 radical (unpaired) electrons. The summed E-state index contributed by atoms with van der Waals surface area (Å²) in [4.78, 5) is 33.3. The molecule has 0 atom stereocenters. The minimum atomic E-state index is -0.364. The van der Waals surface area contributed by atoms with E-state index in [0.29, 0.717) is 38.3 Å². The maximum atomic E-state index is 13.1. The molecule has 6 heteroatoms. The van der Waals surface area contributed by atoms with Crippen molar-refractivity contribution in [2.45, 2.75) is 6.92 Å². The van der Waals surface area contributed by atoms with Crippen LogP contribution in [0.1, 0.15) is 27.6 Å². The Balaban J connectivity index is 1.43. The van der Waals surface area contributed by atoms with Crippen molar-refractivity contribution in [1.29, 1.82) is 0 Å². The minimum Gasteiger partial charge on any atom is -0.462 e. The molecule has 2 heterocycles. The number of anilines is 1. The third-order valence-electron chi connectivity index (χ3n) is 5.17. The normalized spacial score (nSPS) is 14.1. The van der Waals surface area contributed by atoms with E-state index in [-0.39, 0.29) is 11.9 Å². The van der Waals surface area contributed by atoms with E-state index in [1.807, 2.05) is 53.4 Å². The predicted molar refractivity (Wildman–Crippen MR) is 112 cm³/mol. The van der Waals surface area contributed by atoms with Gasteiger partial charge >= 0.3 is 5.97 Å². The molecule has 2 aromatic carbocycles. The van der Waals surface area contributed by atoms with Gasteiger partial charge in [-0.05, 0) is 35.9 Å². The molecule has 1 saturated heterocycles. The quantitative estimate of drug-likeness (QED) is 0.640. The molecule has 4 rings (SSSR count). The fraction of sp³-hybridized carbons (Fsp3) is 0.261. The van der Waals surface area contributed by atoms with Crippen LogP contribution in [0.15, 0.2) is 60.8 Å². The van der Waals surface area contributed by atoms with Gasteiger partial charge in [0, 0.05) is 37.9 Å². The lowest BCUT2D eigenvalue weighted by Gasteiger charge is -2.35. The van der Waals surface area contributed by atoms with Crippen LogP contribution in [0.5, 0.6) is 0 Å². The van der Waals surface area contributed by atoms with Crippen molar-refractivity contribution in [2.24, 2.45) is 0 Å². The van der Waals surface area contributed by atoms with Crippen molar-refractivity contribution in [3.8, 4) is 0 Å². The summed E-state index contributed by atoms with van der Waals surface area (Å²) in [6, 6.07) is 17.4. The Morgan fingerprint density at radius 2 is 1.72 bits per heavy atom. The number of hydrogen-bond acceptors (Lipinski definition) is 5. The highest BCUT2D eigenvalue weighted by Crippen LogP contribution is 2.21. The van der Waals surface area contributed by atoms with Crippen LogP contribution >= 0.6 is 0 Å². The maximum absolute atomic E-state index is 13.1. The van der Waals surface area contributed by atoms with E-state index in [2.05, 4.69) is 9.88 Å². The Bertz CT molecular complexity index is 1020. The molecule has 1 aliphatic heterocycles. The van der Waals surface area contributed by atoms with E-state index < -0.39 is 0 Å². The molecule has 0 spiro atoms. The van der Waals surface area contributed by atoms with Gasteiger partial charge in [-0.1, -0.05) is 36.4 Å². The number of esters is 1. The fourth-order valence-corrected chi connectivity index (χ4v) is 3.63. The largest absolute Gasteiger partial charge is 0.462 e. The first-order valence-electron chi connectivity index (χ1n) is 9.82. The summed E-state index contributed by atoms with van der Waals surface area (Å²) in [6.07, 6.45) is 1.54. The zero-order chi connectivity index (χ0) is 20.2. The molecular weight excluding hydrogens is 366 g/mol. The highest BCUT2D eigenvalue weighted by atomic mass is 16.5. The van der Waals surface area contributed by atoms with Gasteiger partial charge in [-0.25, -0.2) is 9.78 Å². The summed E-state index contributed by atoms with van der Waals surface area (Å²) in [5.74, 6) is 0.499. The molecule has 1 fully saturated rings. The number of fused-ring (bicyclic) bond motifs is 1. The van der Waals surface area contributed by atoms with Crippen molar-refractivity contribution in [3.05, 3.63) is 71.9 Å². The molecule has 0 unspecified atom stereocenters. The highest BCUT2D eigenvalue weighted by Gasteiger charge is 2.24. The van der Waals surface area contributed by atoms with Crippen molar-refractivity contribution in [3.63, 3.8) is 0 Å². The van der Waals surface area contributed by atoms with Crippen LogP contribution in [0.4, 0.5) is 5.82 Å². The monoisotopic (exact) mass is 389 g/mol. The number of aromatic nitrogens is 1. The summed E-state index contributed by atoms with van der Waals surface area (Å²) >= 11 is 0. The molecule has 0 saturated carbocycles. The molecule has 1 amide bonds. The summed E-state index contributed by atoms with van der Waals surface area (Å²) in [7, 11) is 0. The van der Waals surface area contributed by atoms with E-state index in [1.54, 1.807) is 19.2 Å². The van der Waals surface area contributed by atoms with Gasteiger partial charge in [-0.2, -0.15) is 0 Å². The molecule has 0 N–H and O–H groups in total. The van der Waals surface area contributed by atoms with Gasteiger partial charge in [0.05, 0.1) is 12.2 Å². The Labute approximate surface area is 169 Å². The van der Waals surface area contributed by atoms with Crippen LogP contribution in [-0.2, 0) is 4.74 Å². The van der Waals surface area contributed by atoms with E-state index in [1.165, 1.54) is 0 Å². The number of hydrogen-bond donors (Lipinski definition) is 0. The maximum Gasteiger partial charge on any atom is 0.339 e. The minimum absolute atomic E-state index is 0.0621. The molecule has 6 nitrogen and oxygen atoms in total. The fourth-order valence-electron chi connectivity index (χ4n) is 3.63. The van der Waals surface area contributed by atoms with E-state index >= 15 is 0 Å². The number of carbonyl (C=O) groups excluding carboxylic acids is 2. The number of benzene rings is 2. The number of ether oxygens (including phenoxy) is 1. The van der Waals surface area contributed by atoms with Gasteiger partial charge in [0.2, 0.25) is 0 Å². The standard InChI is InChI=1S/C23H23N3O3/c1-2-29-23(28)18-10-11-21(24-16-18)25-12-14-26(15-13-25)22(27)20-9-5-7-17-6-3-4-8-19(17)20/h3-11,16H,2,12-15H2,1H3. The SMILES string of the molecule is CCOC(=O)c1ccc(N2CCN(C(=O)c3cccc4ccccc34)CC2)nc1. The summed E-state index contributed by atoms with van der Waals surface area (Å²) in [5.41, 5.74) is 1.19. The first kappa shape index (κ1) is 18.9. The lowest BCUT2D eigenvalue weighted by atomic mass is 10.0. The molecule has 148 valence electrons. The van der Waals surface area contributed by atoms with Crippen LogP contribution in [0.25, 0.3) is 10.8 Å². The number of nitrogens with zero attached hydrogens (tertiary/aromatic N) is 3. The Morgan fingerprint density at radius 3 is 2.45 bits per heavy atom. The van der Waals surface area contributed by atoms with Crippen molar-refractivity contribution >= 4 is 28.5 Å². The molecule has 1 aromatic heterocycles. The van der Waals surface area contributed by atoms with Gasteiger partial charge < -0.3 is 14.5 Å². The number of piperazine rings is 1. The zero-order valence-electron chi connectivity index (χ0n) is 16.4. The third kappa shape index (κ3) is 3.92. The van der Waals surface area contributed by atoms with Gasteiger partial charge in [-0.3, -0.25) is 4.79 Å². The molecule has 29 heavy (non-hydrogen) atoms. The number of amides is 1. The zero-order valence-corrected chi connectivity index (χ0v) is 16.4. The van der Waals surface area contributed by atoms with E-state index in [0.717, 1.165) is 22.2 Å². The van der Waals surface area contributed by atoms with E-state index in [9.17, 15) is 9.59 Å². The highest BCUT2D eigenvalue weighted by molar-refractivity contribution is 6.07. The van der Waals surface area contributed by atoms with Crippen LogP contribution < -0.4 is 4.90 Å². The second kappa shape index (κ2) is 8.31. The summed E-state index contributed by atoms with van der Waals surface area (Å²) < 4.78 is 4.99. The van der Waals surface area contributed by atoms with Gasteiger partial charge in [-0.15, -0.1) is 0 Å². The van der Waals surface area contributed by atoms with Crippen LogP contribution in [0.2, 0.25) is 0 Å². The van der Waals surface area contributed by atoms with Crippen LogP contribution in [-0.4, -0.2) is 54.5 Å². The number of carbonyl (C=O) groups is 2. The van der Waals surface area contributed by atoms with Crippen molar-refractivity contribution < 1.29 is 14.3 Å². The Morgan fingerprint density at radius 1 is 0.966 bits per heavy atom. The molecular formula is C23H23N3O3. The molecule has 1 aliphatic rings. The van der Waals surface area contributed by atoms with Gasteiger partial charge in [0.1, 0.15) is 5.82 Å². The number of pyridine rings is 1. The second-order valence-electron chi connectivity index (χ2n) is 6.93. The first-order chi connectivity index (χ1) is 14.2. The van der Waals surface area contributed by atoms with E-state index in [4.69, 9.17) is 4.74 Å². The average Bonchev–Trinajstić information content (AvgIpc) is 2.78. The van der Waals surface area contributed by atoms with Gasteiger partial charge in [0.25, 0.3) is 5.91 Å². The van der Waals surface area contributed by atoms with Gasteiger partial charge in [0.15, 0.2) is 0 Å². The summed E-state index contributed by atoms with van der Waals surface area (Å²) in [5, 5.41) is 2.06. The summed E-state index contributed by atoms with van der Waals surface area (Å²) in [6.45, 7) is 4.77. The molecule has 3 aromatic rings. The molecule has 0 bridgehead atoms. The lowest BCUT2D eigenvalue weighted by Crippen LogP contribution is -2.49. The lowest BCUT2D eigenvalue weighted by molar-refractivity contribution is 0.0525. The second-order valence-corrected chi connectivity index (χ2v) is 6.93. The Hall–Kier alpha value is -3.41. The Kier molecular flexibility index (Phi) is 5.42. The average molecular weight is 389 g/mol.